The van der Waals surface area contributed by atoms with Crippen molar-refractivity contribution in [1.29, 1.82) is 0 Å². The number of aromatic nitrogens is 2. The van der Waals surface area contributed by atoms with Crippen LogP contribution in [0.1, 0.15) is 25.3 Å². The van der Waals surface area contributed by atoms with Crippen LogP contribution in [0.3, 0.4) is 0 Å². The molecule has 2 rings (SSSR count). The normalized spacial score (nSPS) is 22.0. The van der Waals surface area contributed by atoms with Gasteiger partial charge in [0.05, 0.1) is 12.7 Å². The van der Waals surface area contributed by atoms with Gasteiger partial charge in [-0.3, -0.25) is 9.67 Å². The molecule has 0 aliphatic carbocycles. The van der Waals surface area contributed by atoms with E-state index in [4.69, 9.17) is 0 Å². The zero-order valence-electron chi connectivity index (χ0n) is 13.1. The van der Waals surface area contributed by atoms with Crippen LogP contribution in [0.25, 0.3) is 0 Å². The molecule has 0 bridgehead atoms. The van der Waals surface area contributed by atoms with Crippen LogP contribution in [0.5, 0.6) is 0 Å². The molecule has 120 valence electrons. The quantitative estimate of drug-likeness (QED) is 0.434. The van der Waals surface area contributed by atoms with E-state index in [1.54, 1.807) is 0 Å². The van der Waals surface area contributed by atoms with E-state index in [-0.39, 0.29) is 24.0 Å². The SMILES string of the molecule is CN=C(NCCn1cc(C)cn1)NCC1(C)CCCS1.I. The minimum Gasteiger partial charge on any atom is -0.355 e. The summed E-state index contributed by atoms with van der Waals surface area (Å²) in [6, 6.07) is 0. The van der Waals surface area contributed by atoms with Crippen LogP contribution >= 0.6 is 35.7 Å². The predicted molar refractivity (Wildman–Crippen MR) is 102 cm³/mol. The van der Waals surface area contributed by atoms with E-state index >= 15 is 0 Å². The van der Waals surface area contributed by atoms with Crippen molar-refractivity contribution in [1.82, 2.24) is 20.4 Å². The highest BCUT2D eigenvalue weighted by molar-refractivity contribution is 14.0. The first-order valence-electron chi connectivity index (χ1n) is 7.19. The Labute approximate surface area is 148 Å². The van der Waals surface area contributed by atoms with Crippen molar-refractivity contribution in [2.75, 3.05) is 25.9 Å². The third-order valence-corrected chi connectivity index (χ3v) is 5.09. The van der Waals surface area contributed by atoms with Crippen LogP contribution in [-0.4, -0.2) is 46.4 Å². The van der Waals surface area contributed by atoms with Crippen molar-refractivity contribution < 1.29 is 0 Å². The fourth-order valence-corrected chi connectivity index (χ4v) is 3.59. The van der Waals surface area contributed by atoms with Crippen LogP contribution in [0.15, 0.2) is 17.4 Å². The van der Waals surface area contributed by atoms with Crippen LogP contribution in [0, 0.1) is 6.92 Å². The zero-order chi connectivity index (χ0) is 14.4. The summed E-state index contributed by atoms with van der Waals surface area (Å²) >= 11 is 2.06. The third-order valence-electron chi connectivity index (χ3n) is 3.55. The third kappa shape index (κ3) is 6.06. The number of hydrogen-bond acceptors (Lipinski definition) is 3. The maximum atomic E-state index is 4.27. The van der Waals surface area contributed by atoms with Crippen molar-refractivity contribution in [3.8, 4) is 0 Å². The van der Waals surface area contributed by atoms with Crippen molar-refractivity contribution >= 4 is 41.7 Å². The number of hydrogen-bond donors (Lipinski definition) is 2. The summed E-state index contributed by atoms with van der Waals surface area (Å²) in [5.74, 6) is 2.16. The molecule has 1 unspecified atom stereocenters. The van der Waals surface area contributed by atoms with Gasteiger partial charge >= 0.3 is 0 Å². The van der Waals surface area contributed by atoms with Gasteiger partial charge in [-0.15, -0.1) is 24.0 Å². The van der Waals surface area contributed by atoms with E-state index in [9.17, 15) is 0 Å². The number of aliphatic imine (C=N–C) groups is 1. The molecule has 1 aliphatic heterocycles. The van der Waals surface area contributed by atoms with E-state index < -0.39 is 0 Å². The molecule has 0 radical (unpaired) electrons. The highest BCUT2D eigenvalue weighted by atomic mass is 127. The van der Waals surface area contributed by atoms with Gasteiger partial charge in [-0.2, -0.15) is 16.9 Å². The lowest BCUT2D eigenvalue weighted by molar-refractivity contribution is 0.572. The fourth-order valence-electron chi connectivity index (χ4n) is 2.35. The summed E-state index contributed by atoms with van der Waals surface area (Å²) in [7, 11) is 1.82. The Balaban J connectivity index is 0.00000220. The fraction of sp³-hybridized carbons (Fsp3) is 0.714. The van der Waals surface area contributed by atoms with Gasteiger partial charge in [0.25, 0.3) is 0 Å². The summed E-state index contributed by atoms with van der Waals surface area (Å²) in [4.78, 5) is 4.27. The lowest BCUT2D eigenvalue weighted by Gasteiger charge is -2.24. The lowest BCUT2D eigenvalue weighted by Crippen LogP contribution is -2.44. The molecule has 1 saturated heterocycles. The van der Waals surface area contributed by atoms with E-state index in [2.05, 4.69) is 46.3 Å². The van der Waals surface area contributed by atoms with Crippen LogP contribution in [0.2, 0.25) is 0 Å². The molecule has 1 aromatic rings. The van der Waals surface area contributed by atoms with E-state index in [0.717, 1.165) is 25.6 Å². The minimum atomic E-state index is 0. The summed E-state index contributed by atoms with van der Waals surface area (Å²) < 4.78 is 2.31. The maximum Gasteiger partial charge on any atom is 0.191 e. The van der Waals surface area contributed by atoms with Crippen molar-refractivity contribution in [2.45, 2.75) is 38.0 Å². The molecule has 0 aromatic carbocycles. The Morgan fingerprint density at radius 3 is 2.90 bits per heavy atom. The number of halogens is 1. The molecular formula is C14H26IN5S. The Morgan fingerprint density at radius 2 is 2.33 bits per heavy atom. The molecule has 0 amide bonds. The van der Waals surface area contributed by atoms with Gasteiger partial charge in [0.2, 0.25) is 0 Å². The Kier molecular flexibility index (Phi) is 7.86. The molecule has 2 N–H and O–H groups in total. The van der Waals surface area contributed by atoms with Crippen molar-refractivity contribution in [3.05, 3.63) is 18.0 Å². The first-order valence-corrected chi connectivity index (χ1v) is 8.17. The average molecular weight is 423 g/mol. The van der Waals surface area contributed by atoms with Gasteiger partial charge in [0.1, 0.15) is 0 Å². The second kappa shape index (κ2) is 8.87. The van der Waals surface area contributed by atoms with Crippen molar-refractivity contribution in [3.63, 3.8) is 0 Å². The molecule has 1 fully saturated rings. The number of nitrogens with zero attached hydrogens (tertiary/aromatic N) is 3. The summed E-state index contributed by atoms with van der Waals surface area (Å²) in [5, 5.41) is 11.0. The van der Waals surface area contributed by atoms with Gasteiger partial charge in [-0.25, -0.2) is 0 Å². The smallest absolute Gasteiger partial charge is 0.191 e. The molecule has 2 heterocycles. The van der Waals surface area contributed by atoms with Gasteiger partial charge < -0.3 is 10.6 Å². The second-order valence-corrected chi connectivity index (χ2v) is 7.22. The topological polar surface area (TPSA) is 54.2 Å². The first-order chi connectivity index (χ1) is 9.61. The maximum absolute atomic E-state index is 4.27. The van der Waals surface area contributed by atoms with Gasteiger partial charge in [0, 0.05) is 31.1 Å². The molecular weight excluding hydrogens is 397 g/mol. The Bertz CT molecular complexity index is 454. The number of rotatable bonds is 5. The second-order valence-electron chi connectivity index (χ2n) is 5.54. The highest BCUT2D eigenvalue weighted by Gasteiger charge is 2.29. The Morgan fingerprint density at radius 1 is 1.52 bits per heavy atom. The van der Waals surface area contributed by atoms with E-state index in [0.29, 0.717) is 4.75 Å². The van der Waals surface area contributed by atoms with Gasteiger partial charge in [0.15, 0.2) is 5.96 Å². The summed E-state index contributed by atoms with van der Waals surface area (Å²) in [6.45, 7) is 7.03. The molecule has 1 atom stereocenters. The molecule has 0 spiro atoms. The molecule has 0 saturated carbocycles. The summed E-state index contributed by atoms with van der Waals surface area (Å²) in [6.07, 6.45) is 6.54. The van der Waals surface area contributed by atoms with Gasteiger partial charge in [-0.1, -0.05) is 0 Å². The molecule has 21 heavy (non-hydrogen) atoms. The molecule has 1 aliphatic rings. The molecule has 7 heteroatoms. The van der Waals surface area contributed by atoms with E-state index in [1.807, 2.05) is 24.1 Å². The highest BCUT2D eigenvalue weighted by Crippen LogP contribution is 2.36. The number of thioether (sulfide) groups is 1. The summed E-state index contributed by atoms with van der Waals surface area (Å²) in [5.41, 5.74) is 1.19. The largest absolute Gasteiger partial charge is 0.355 e. The van der Waals surface area contributed by atoms with Crippen molar-refractivity contribution in [2.24, 2.45) is 4.99 Å². The minimum absolute atomic E-state index is 0. The van der Waals surface area contributed by atoms with E-state index in [1.165, 1.54) is 24.2 Å². The zero-order valence-corrected chi connectivity index (χ0v) is 16.2. The van der Waals surface area contributed by atoms with Crippen LogP contribution in [0.4, 0.5) is 0 Å². The standard InChI is InChI=1S/C14H25N5S.HI/c1-12-9-18-19(10-12)7-6-16-13(15-3)17-11-14(2)5-4-8-20-14;/h9-10H,4-8,11H2,1-3H3,(H2,15,16,17);1H. The Hall–Kier alpha value is -0.440. The monoisotopic (exact) mass is 423 g/mol. The van der Waals surface area contributed by atoms with Crippen LogP contribution < -0.4 is 10.6 Å². The van der Waals surface area contributed by atoms with Crippen LogP contribution in [-0.2, 0) is 6.54 Å². The first kappa shape index (κ1) is 18.6. The number of aryl methyl sites for hydroxylation is 1. The predicted octanol–water partition coefficient (Wildman–Crippen LogP) is 2.26. The van der Waals surface area contributed by atoms with Gasteiger partial charge in [-0.05, 0) is 38.0 Å². The number of nitrogens with one attached hydrogen (secondary N) is 2. The average Bonchev–Trinajstić information content (AvgIpc) is 3.03. The number of guanidine groups is 1. The molecule has 5 nitrogen and oxygen atoms in total. The molecule has 1 aromatic heterocycles. The lowest BCUT2D eigenvalue weighted by atomic mass is 10.1.